The summed E-state index contributed by atoms with van der Waals surface area (Å²) < 4.78 is 5.81. The molecule has 20 heavy (non-hydrogen) atoms. The summed E-state index contributed by atoms with van der Waals surface area (Å²) in [5.74, 6) is -0.792. The highest BCUT2D eigenvalue weighted by atomic mass is 16.5. The van der Waals surface area contributed by atoms with Gasteiger partial charge in [-0.3, -0.25) is 9.59 Å². The molecule has 1 aromatic rings. The average Bonchev–Trinajstić information content (AvgIpc) is 2.40. The molecule has 4 nitrogen and oxygen atoms in total. The molecule has 0 amide bonds. The third-order valence-electron chi connectivity index (χ3n) is 3.61. The Morgan fingerprint density at radius 3 is 2.55 bits per heavy atom. The van der Waals surface area contributed by atoms with Crippen molar-refractivity contribution in [2.75, 3.05) is 0 Å². The lowest BCUT2D eigenvalue weighted by Gasteiger charge is -2.30. The number of benzene rings is 1. The fourth-order valence-corrected chi connectivity index (χ4v) is 2.49. The molecule has 0 bridgehead atoms. The molecule has 0 atom stereocenters. The largest absolute Gasteiger partial charge is 0.507 e. The fraction of sp³-hybridized carbons (Fsp3) is 0.250. The van der Waals surface area contributed by atoms with E-state index in [0.29, 0.717) is 16.9 Å². The monoisotopic (exact) mass is 270 g/mol. The van der Waals surface area contributed by atoms with Crippen LogP contribution in [0.4, 0.5) is 0 Å². The molecule has 0 aromatic heterocycles. The Balaban J connectivity index is 2.31. The van der Waals surface area contributed by atoms with Gasteiger partial charge in [-0.15, -0.1) is 0 Å². The highest BCUT2D eigenvalue weighted by molar-refractivity contribution is 6.52. The summed E-state index contributed by atoms with van der Waals surface area (Å²) in [6.07, 6.45) is 3.68. The number of Topliss-reactive ketones (excluding diaryl/α,β-unsaturated/α-hetero) is 2. The summed E-state index contributed by atoms with van der Waals surface area (Å²) in [5.41, 5.74) is 0.888. The van der Waals surface area contributed by atoms with Gasteiger partial charge in [0.2, 0.25) is 11.6 Å². The van der Waals surface area contributed by atoms with Gasteiger partial charge in [0.05, 0.1) is 0 Å². The lowest BCUT2D eigenvalue weighted by molar-refractivity contribution is -0.111. The van der Waals surface area contributed by atoms with Crippen molar-refractivity contribution in [2.24, 2.45) is 0 Å². The van der Waals surface area contributed by atoms with Gasteiger partial charge in [-0.1, -0.05) is 6.08 Å². The first-order valence-corrected chi connectivity index (χ1v) is 6.36. The van der Waals surface area contributed by atoms with E-state index in [1.807, 2.05) is 26.0 Å². The number of aliphatic hydroxyl groups excluding tert-OH is 1. The minimum absolute atomic E-state index is 0.0779. The highest BCUT2D eigenvalue weighted by Crippen LogP contribution is 2.39. The van der Waals surface area contributed by atoms with Crippen LogP contribution in [0.25, 0.3) is 11.8 Å². The first kappa shape index (κ1) is 12.7. The van der Waals surface area contributed by atoms with Gasteiger partial charge >= 0.3 is 0 Å². The molecule has 4 heteroatoms. The maximum Gasteiger partial charge on any atom is 0.234 e. The van der Waals surface area contributed by atoms with Crippen LogP contribution < -0.4 is 4.74 Å². The lowest BCUT2D eigenvalue weighted by Crippen LogP contribution is -2.29. The molecule has 0 saturated carbocycles. The summed E-state index contributed by atoms with van der Waals surface area (Å²) >= 11 is 0. The van der Waals surface area contributed by atoms with Gasteiger partial charge < -0.3 is 9.84 Å². The van der Waals surface area contributed by atoms with Crippen molar-refractivity contribution in [1.82, 2.24) is 0 Å². The Kier molecular flexibility index (Phi) is 2.42. The van der Waals surface area contributed by atoms with E-state index in [1.54, 1.807) is 6.07 Å². The zero-order valence-corrected chi connectivity index (χ0v) is 11.5. The molecule has 0 radical (unpaired) electrons. The Hall–Kier alpha value is -2.36. The van der Waals surface area contributed by atoms with Crippen molar-refractivity contribution in [1.29, 1.82) is 0 Å². The summed E-state index contributed by atoms with van der Waals surface area (Å²) in [6.45, 7) is 5.29. The van der Waals surface area contributed by atoms with Crippen molar-refractivity contribution in [2.45, 2.75) is 26.4 Å². The van der Waals surface area contributed by atoms with Crippen LogP contribution in [-0.4, -0.2) is 22.3 Å². The predicted octanol–water partition coefficient (Wildman–Crippen LogP) is 2.93. The van der Waals surface area contributed by atoms with Crippen molar-refractivity contribution >= 4 is 23.4 Å². The van der Waals surface area contributed by atoms with E-state index in [2.05, 4.69) is 0 Å². The topological polar surface area (TPSA) is 63.6 Å². The second kappa shape index (κ2) is 3.82. The summed E-state index contributed by atoms with van der Waals surface area (Å²) in [6, 6.07) is 3.20. The van der Waals surface area contributed by atoms with E-state index in [4.69, 9.17) is 4.74 Å². The van der Waals surface area contributed by atoms with E-state index < -0.39 is 17.2 Å². The van der Waals surface area contributed by atoms with Crippen molar-refractivity contribution in [3.8, 4) is 5.75 Å². The van der Waals surface area contributed by atoms with Crippen LogP contribution in [0, 0.1) is 0 Å². The molecule has 0 fully saturated rings. The molecule has 2 aliphatic rings. The zero-order valence-electron chi connectivity index (χ0n) is 11.5. The molecule has 0 spiro atoms. The number of hydrogen-bond donors (Lipinski definition) is 1. The SMILES string of the molecule is CC1=C(O)c2c(ccc3c2C=CC(C)(C)O3)C(=O)C1=O. The first-order valence-electron chi connectivity index (χ1n) is 6.36. The van der Waals surface area contributed by atoms with Crippen LogP contribution in [0.15, 0.2) is 23.8 Å². The van der Waals surface area contributed by atoms with Gasteiger partial charge in [-0.25, -0.2) is 0 Å². The van der Waals surface area contributed by atoms with Crippen LogP contribution in [0.2, 0.25) is 0 Å². The Bertz CT molecular complexity index is 720. The van der Waals surface area contributed by atoms with Gasteiger partial charge in [0.1, 0.15) is 17.1 Å². The van der Waals surface area contributed by atoms with Crippen LogP contribution in [0.1, 0.15) is 42.3 Å². The maximum absolute atomic E-state index is 12.0. The number of ketones is 2. The van der Waals surface area contributed by atoms with Crippen LogP contribution >= 0.6 is 0 Å². The number of ether oxygens (including phenoxy) is 1. The number of carbonyl (C=O) groups is 2. The number of hydrogen-bond acceptors (Lipinski definition) is 4. The molecule has 1 aliphatic heterocycles. The average molecular weight is 270 g/mol. The quantitative estimate of drug-likeness (QED) is 0.736. The van der Waals surface area contributed by atoms with Crippen LogP contribution in [0.3, 0.4) is 0 Å². The second-order valence-electron chi connectivity index (χ2n) is 5.57. The van der Waals surface area contributed by atoms with Crippen LogP contribution in [0.5, 0.6) is 5.75 Å². The van der Waals surface area contributed by atoms with Gasteiger partial charge in [0.15, 0.2) is 0 Å². The molecular weight excluding hydrogens is 256 g/mol. The normalized spacial score (nSPS) is 19.6. The van der Waals surface area contributed by atoms with E-state index in [0.717, 1.165) is 0 Å². The molecule has 3 rings (SSSR count). The highest BCUT2D eigenvalue weighted by Gasteiger charge is 2.34. The van der Waals surface area contributed by atoms with Crippen molar-refractivity contribution in [3.05, 3.63) is 40.5 Å². The minimum atomic E-state index is -0.656. The summed E-state index contributed by atoms with van der Waals surface area (Å²) in [7, 11) is 0. The molecule has 1 aromatic carbocycles. The third-order valence-corrected chi connectivity index (χ3v) is 3.61. The molecule has 1 heterocycles. The van der Waals surface area contributed by atoms with Gasteiger partial charge in [-0.05, 0) is 39.0 Å². The van der Waals surface area contributed by atoms with E-state index >= 15 is 0 Å². The Labute approximate surface area is 116 Å². The van der Waals surface area contributed by atoms with E-state index in [1.165, 1.54) is 13.0 Å². The number of carbonyl (C=O) groups excluding carboxylic acids is 2. The predicted molar refractivity (Wildman–Crippen MR) is 74.7 cm³/mol. The third kappa shape index (κ3) is 1.61. The smallest absolute Gasteiger partial charge is 0.234 e. The molecule has 102 valence electrons. The first-order chi connectivity index (χ1) is 9.32. The number of aliphatic hydroxyl groups is 1. The Morgan fingerprint density at radius 1 is 1.15 bits per heavy atom. The lowest BCUT2D eigenvalue weighted by atomic mass is 9.85. The molecular formula is C16H14O4. The number of allylic oxidation sites excluding steroid dienone is 1. The van der Waals surface area contributed by atoms with Crippen LogP contribution in [-0.2, 0) is 4.79 Å². The van der Waals surface area contributed by atoms with E-state index in [-0.39, 0.29) is 16.9 Å². The number of rotatable bonds is 0. The van der Waals surface area contributed by atoms with Gasteiger partial charge in [-0.2, -0.15) is 0 Å². The fourth-order valence-electron chi connectivity index (χ4n) is 2.49. The summed E-state index contributed by atoms with van der Waals surface area (Å²) in [5, 5.41) is 10.2. The Morgan fingerprint density at radius 2 is 1.85 bits per heavy atom. The standard InChI is InChI=1S/C16H14O4/c1-8-13(17)12-9-6-7-16(2,3)20-11(9)5-4-10(12)15(19)14(8)18/h4-7,17H,1-3H3. The number of fused-ring (bicyclic) bond motifs is 3. The summed E-state index contributed by atoms with van der Waals surface area (Å²) in [4.78, 5) is 23.8. The minimum Gasteiger partial charge on any atom is -0.507 e. The maximum atomic E-state index is 12.0. The second-order valence-corrected chi connectivity index (χ2v) is 5.57. The van der Waals surface area contributed by atoms with E-state index in [9.17, 15) is 14.7 Å². The van der Waals surface area contributed by atoms with Crippen molar-refractivity contribution in [3.63, 3.8) is 0 Å². The van der Waals surface area contributed by atoms with Gasteiger partial charge in [0.25, 0.3) is 0 Å². The molecule has 0 unspecified atom stereocenters. The molecule has 1 aliphatic carbocycles. The van der Waals surface area contributed by atoms with Crippen molar-refractivity contribution < 1.29 is 19.4 Å². The van der Waals surface area contributed by atoms with Gasteiger partial charge in [0, 0.05) is 22.3 Å². The molecule has 0 saturated heterocycles. The zero-order chi connectivity index (χ0) is 14.7. The molecule has 1 N–H and O–H groups in total.